The van der Waals surface area contributed by atoms with E-state index in [2.05, 4.69) is 0 Å². The van der Waals surface area contributed by atoms with Gasteiger partial charge >= 0.3 is 39.1 Å². The number of rotatable bonds is 0. The van der Waals surface area contributed by atoms with Crippen molar-refractivity contribution in [1.82, 2.24) is 0 Å². The maximum atomic E-state index is 9.53. The average Bonchev–Trinajstić information content (AvgIpc) is 2.20. The molecule has 0 saturated carbocycles. The fourth-order valence-corrected chi connectivity index (χ4v) is 0. The van der Waals surface area contributed by atoms with Gasteiger partial charge in [-0.2, -0.15) is 0 Å². The van der Waals surface area contributed by atoms with Crippen molar-refractivity contribution in [3.05, 3.63) is 0 Å². The molecule has 0 saturated heterocycles. The second kappa shape index (κ2) is 52.1. The van der Waals surface area contributed by atoms with Crippen LogP contribution < -0.4 is 35.7 Å². The fourth-order valence-electron chi connectivity index (χ4n) is 0. The molecule has 0 spiro atoms. The minimum Gasteiger partial charge on any atom is -0.852 e. The molecule has 0 unspecified atom stereocenters. The van der Waals surface area contributed by atoms with Crippen LogP contribution in [0.3, 0.4) is 0 Å². The van der Waals surface area contributed by atoms with Gasteiger partial charge in [-0.1, -0.05) is 96.9 Å². The van der Waals surface area contributed by atoms with Gasteiger partial charge in [-0.15, -0.1) is 42.7 Å². The van der Waals surface area contributed by atoms with Crippen molar-refractivity contribution in [3.63, 3.8) is 0 Å². The first-order chi connectivity index (χ1) is 12.1. The van der Waals surface area contributed by atoms with Crippen LogP contribution in [0.15, 0.2) is 0 Å². The summed E-state index contributed by atoms with van der Waals surface area (Å²) in [6.45, 7) is 22.6. The Balaban J connectivity index is -0.0000000242. The first-order valence-corrected chi connectivity index (χ1v) is 9.73. The summed E-state index contributed by atoms with van der Waals surface area (Å²) in [5.41, 5.74) is 0. The molecular formula is C21H49AlO7Ti. The van der Waals surface area contributed by atoms with Crippen molar-refractivity contribution in [2.75, 3.05) is 0 Å². The molecule has 0 amide bonds. The van der Waals surface area contributed by atoms with E-state index in [1.165, 1.54) is 0 Å². The molecule has 9 heteroatoms. The van der Waals surface area contributed by atoms with E-state index >= 15 is 0 Å². The van der Waals surface area contributed by atoms with E-state index in [0.29, 0.717) is 0 Å². The third kappa shape index (κ3) is 24200. The van der Waals surface area contributed by atoms with E-state index in [1.807, 2.05) is 0 Å². The van der Waals surface area contributed by atoms with Crippen molar-refractivity contribution in [3.8, 4) is 0 Å². The average molecular weight is 488 g/mol. The molecule has 0 radical (unpaired) electrons. The van der Waals surface area contributed by atoms with Gasteiger partial charge in [0.1, 0.15) is 0 Å². The Kier molecular flexibility index (Phi) is 100. The van der Waals surface area contributed by atoms with Gasteiger partial charge in [-0.25, -0.2) is 0 Å². The minimum absolute atomic E-state index is 0. The summed E-state index contributed by atoms with van der Waals surface area (Å²) in [6.07, 6.45) is -2.92. The Labute approximate surface area is 214 Å². The zero-order valence-corrected chi connectivity index (χ0v) is 24.7. The van der Waals surface area contributed by atoms with Crippen LogP contribution in [0, 0.1) is 0 Å². The summed E-state index contributed by atoms with van der Waals surface area (Å²) in [6, 6.07) is 0. The number of hydrogen-bond donors (Lipinski definition) is 0. The molecule has 0 aromatic rings. The smallest absolute Gasteiger partial charge is 0.852 e. The Morgan fingerprint density at radius 2 is 0.267 bits per heavy atom. The SMILES string of the molecule is CC(C)[O-].CC(C)[O-].CC(C)[O-].CC(C)[O-].CC(C)[O-].CC(C)[O-].CC(C)[O-].[Al+3].[Ti+4]. The summed E-state index contributed by atoms with van der Waals surface area (Å²) in [5, 5.41) is 66.7. The van der Waals surface area contributed by atoms with E-state index in [4.69, 9.17) is 0 Å². The Morgan fingerprint density at radius 3 is 0.267 bits per heavy atom. The van der Waals surface area contributed by atoms with Crippen LogP contribution in [0.25, 0.3) is 0 Å². The van der Waals surface area contributed by atoms with Gasteiger partial charge in [0.2, 0.25) is 0 Å². The van der Waals surface area contributed by atoms with Crippen molar-refractivity contribution in [2.45, 2.75) is 140 Å². The zero-order chi connectivity index (χ0) is 25.0. The predicted octanol–water partition coefficient (Wildman–Crippen LogP) is -2.10. The van der Waals surface area contributed by atoms with Gasteiger partial charge in [0, 0.05) is 0 Å². The van der Waals surface area contributed by atoms with Gasteiger partial charge in [0.05, 0.1) is 0 Å². The molecular weight excluding hydrogens is 439 g/mol. The molecule has 0 rings (SSSR count). The molecule has 0 aromatic heterocycles. The molecule has 0 fully saturated rings. The quantitative estimate of drug-likeness (QED) is 0.353. The normalized spacial score (nSPS) is 8.40. The summed E-state index contributed by atoms with van der Waals surface area (Å²) < 4.78 is 0. The standard InChI is InChI=1S/7C3H7O.Al.Ti/c7*1-3(2)4;;/h7*3H,1-2H3;;/q7*-1;+3;+4. The molecule has 0 heterocycles. The second-order valence-corrected chi connectivity index (χ2v) is 7.34. The largest absolute Gasteiger partial charge is 4.00 e. The van der Waals surface area contributed by atoms with Crippen molar-refractivity contribution >= 4 is 17.4 Å². The van der Waals surface area contributed by atoms with Crippen LogP contribution in [0.1, 0.15) is 96.9 Å². The molecule has 7 nitrogen and oxygen atoms in total. The first kappa shape index (κ1) is 57.6. The van der Waals surface area contributed by atoms with Gasteiger partial charge in [0.15, 0.2) is 0 Å². The Morgan fingerprint density at radius 1 is 0.267 bits per heavy atom. The monoisotopic (exact) mass is 488 g/mol. The van der Waals surface area contributed by atoms with Crippen LogP contribution in [0.2, 0.25) is 0 Å². The Hall–Kier alpha value is 0.967. The number of hydrogen-bond acceptors (Lipinski definition) is 7. The summed E-state index contributed by atoms with van der Waals surface area (Å²) in [4.78, 5) is 0. The molecule has 30 heavy (non-hydrogen) atoms. The van der Waals surface area contributed by atoms with Crippen LogP contribution in [-0.2, 0) is 21.7 Å². The molecule has 0 aromatic carbocycles. The van der Waals surface area contributed by atoms with Crippen LogP contribution >= 0.6 is 0 Å². The fraction of sp³-hybridized carbons (Fsp3) is 1.00. The molecule has 182 valence electrons. The topological polar surface area (TPSA) is 161 Å². The summed E-state index contributed by atoms with van der Waals surface area (Å²) in [7, 11) is 0. The molecule has 0 aliphatic rings. The van der Waals surface area contributed by atoms with Gasteiger partial charge in [-0.05, 0) is 0 Å². The third-order valence-electron chi connectivity index (χ3n) is 0. The zero-order valence-electron chi connectivity index (χ0n) is 22.0. The molecule has 0 N–H and O–H groups in total. The van der Waals surface area contributed by atoms with E-state index in [0.717, 1.165) is 0 Å². The third-order valence-corrected chi connectivity index (χ3v) is 0. The van der Waals surface area contributed by atoms with Crippen LogP contribution in [0.4, 0.5) is 0 Å². The summed E-state index contributed by atoms with van der Waals surface area (Å²) >= 11 is 0. The van der Waals surface area contributed by atoms with E-state index in [1.54, 1.807) is 96.9 Å². The van der Waals surface area contributed by atoms with Crippen LogP contribution in [0.5, 0.6) is 0 Å². The molecule has 0 aliphatic carbocycles. The van der Waals surface area contributed by atoms with Gasteiger partial charge in [-0.3, -0.25) is 0 Å². The van der Waals surface area contributed by atoms with E-state index < -0.39 is 42.7 Å². The maximum absolute atomic E-state index is 9.53. The van der Waals surface area contributed by atoms with E-state index in [9.17, 15) is 35.7 Å². The molecule has 0 atom stereocenters. The summed E-state index contributed by atoms with van der Waals surface area (Å²) in [5.74, 6) is 0. The van der Waals surface area contributed by atoms with E-state index in [-0.39, 0.29) is 39.1 Å². The van der Waals surface area contributed by atoms with Gasteiger partial charge < -0.3 is 35.7 Å². The van der Waals surface area contributed by atoms with Crippen molar-refractivity contribution in [1.29, 1.82) is 0 Å². The maximum Gasteiger partial charge on any atom is 4.00 e. The molecule has 0 bridgehead atoms. The molecule has 0 aliphatic heterocycles. The second-order valence-electron chi connectivity index (χ2n) is 7.34. The van der Waals surface area contributed by atoms with Crippen molar-refractivity contribution in [2.24, 2.45) is 0 Å². The minimum atomic E-state index is -0.417. The van der Waals surface area contributed by atoms with Gasteiger partial charge in [0.25, 0.3) is 0 Å². The van der Waals surface area contributed by atoms with Crippen molar-refractivity contribution < 1.29 is 57.5 Å². The first-order valence-electron chi connectivity index (χ1n) is 9.73. The predicted molar refractivity (Wildman–Crippen MR) is 112 cm³/mol. The van der Waals surface area contributed by atoms with Crippen LogP contribution in [-0.4, -0.2) is 60.1 Å². The Bertz CT molecular complexity index is 128.